The van der Waals surface area contributed by atoms with Crippen LogP contribution in [0, 0.1) is 0 Å². The van der Waals surface area contributed by atoms with Gasteiger partial charge in [-0.1, -0.05) is 11.6 Å². The second-order valence-electron chi connectivity index (χ2n) is 3.88. The maximum absolute atomic E-state index is 11.5. The molecule has 0 unspecified atom stereocenters. The topological polar surface area (TPSA) is 67.8 Å². The molecule has 0 atom stereocenters. The number of aromatic amines is 1. The number of hydrogen-bond acceptors (Lipinski definition) is 3. The molecule has 5 nitrogen and oxygen atoms in total. The highest BCUT2D eigenvalue weighted by Crippen LogP contribution is 2.33. The molecule has 0 saturated heterocycles. The van der Waals surface area contributed by atoms with E-state index < -0.39 is 9.05 Å². The van der Waals surface area contributed by atoms with E-state index in [1.54, 1.807) is 35.4 Å². The molecule has 2 aromatic heterocycles. The monoisotopic (exact) mass is 315 g/mol. The highest BCUT2D eigenvalue weighted by Gasteiger charge is 2.19. The first-order valence-electron chi connectivity index (χ1n) is 5.21. The third-order valence-electron chi connectivity index (χ3n) is 2.77. The third-order valence-corrected chi connectivity index (χ3v) is 4.43. The number of imidazole rings is 1. The van der Waals surface area contributed by atoms with Gasteiger partial charge in [0.1, 0.15) is 4.90 Å². The van der Waals surface area contributed by atoms with Crippen LogP contribution in [0.5, 0.6) is 0 Å². The number of fused-ring (bicyclic) bond motifs is 1. The molecule has 0 aliphatic heterocycles. The summed E-state index contributed by atoms with van der Waals surface area (Å²) in [5.74, 6) is 0. The summed E-state index contributed by atoms with van der Waals surface area (Å²) in [6.07, 6.45) is 6.26. The zero-order chi connectivity index (χ0) is 13.6. The minimum atomic E-state index is -3.81. The van der Waals surface area contributed by atoms with Crippen LogP contribution < -0.4 is 0 Å². The fourth-order valence-corrected chi connectivity index (χ4v) is 3.25. The van der Waals surface area contributed by atoms with Crippen molar-refractivity contribution in [2.75, 3.05) is 0 Å². The van der Waals surface area contributed by atoms with E-state index in [-0.39, 0.29) is 4.90 Å². The van der Waals surface area contributed by atoms with Crippen molar-refractivity contribution in [1.82, 2.24) is 14.5 Å². The molecular weight excluding hydrogens is 309 g/mol. The van der Waals surface area contributed by atoms with E-state index in [2.05, 4.69) is 9.97 Å². The summed E-state index contributed by atoms with van der Waals surface area (Å²) in [5.41, 5.74) is 1.22. The highest BCUT2D eigenvalue weighted by atomic mass is 35.7. The maximum Gasteiger partial charge on any atom is 0.263 e. The quantitative estimate of drug-likeness (QED) is 0.739. The first-order valence-corrected chi connectivity index (χ1v) is 7.90. The molecular formula is C11H7Cl2N3O2S. The molecule has 0 saturated carbocycles. The SMILES string of the molecule is O=S(=O)(Cl)c1c[nH]c2c(-n3ccnc3)c(Cl)ccc12. The molecule has 1 N–H and O–H groups in total. The van der Waals surface area contributed by atoms with Gasteiger partial charge in [0, 0.05) is 34.7 Å². The van der Waals surface area contributed by atoms with Gasteiger partial charge in [-0.15, -0.1) is 0 Å². The van der Waals surface area contributed by atoms with Gasteiger partial charge in [0.05, 0.1) is 22.6 Å². The molecule has 0 aliphatic carbocycles. The normalized spacial score (nSPS) is 12.1. The Balaban J connectivity index is 2.41. The number of halogens is 2. The minimum Gasteiger partial charge on any atom is -0.358 e. The number of nitrogens with one attached hydrogen (secondary N) is 1. The summed E-state index contributed by atoms with van der Waals surface area (Å²) in [6, 6.07) is 3.24. The van der Waals surface area contributed by atoms with E-state index in [0.29, 0.717) is 21.6 Å². The fraction of sp³-hybridized carbons (Fsp3) is 0. The molecule has 3 rings (SSSR count). The van der Waals surface area contributed by atoms with Crippen molar-refractivity contribution >= 4 is 42.2 Å². The average Bonchev–Trinajstić information content (AvgIpc) is 2.94. The minimum absolute atomic E-state index is 0.0298. The van der Waals surface area contributed by atoms with Crippen molar-refractivity contribution in [3.8, 4) is 5.69 Å². The van der Waals surface area contributed by atoms with Crippen LogP contribution in [-0.2, 0) is 9.05 Å². The van der Waals surface area contributed by atoms with Gasteiger partial charge in [-0.3, -0.25) is 0 Å². The molecule has 1 aromatic carbocycles. The molecule has 19 heavy (non-hydrogen) atoms. The van der Waals surface area contributed by atoms with E-state index in [1.807, 2.05) is 0 Å². The van der Waals surface area contributed by atoms with Crippen LogP contribution in [0.25, 0.3) is 16.6 Å². The van der Waals surface area contributed by atoms with Crippen molar-refractivity contribution < 1.29 is 8.42 Å². The highest BCUT2D eigenvalue weighted by molar-refractivity contribution is 8.14. The molecule has 8 heteroatoms. The zero-order valence-corrected chi connectivity index (χ0v) is 11.7. The Morgan fingerprint density at radius 2 is 2.11 bits per heavy atom. The third kappa shape index (κ3) is 2.01. The standard InChI is InChI=1S/C11H7Cl2N3O2S/c12-8-2-1-7-9(19(13,17)18)5-15-10(7)11(8)16-4-3-14-6-16/h1-6,15H. The Morgan fingerprint density at radius 3 is 2.74 bits per heavy atom. The Kier molecular flexibility index (Phi) is 2.81. The number of aromatic nitrogens is 3. The molecule has 0 bridgehead atoms. The Hall–Kier alpha value is -1.50. The van der Waals surface area contributed by atoms with E-state index >= 15 is 0 Å². The summed E-state index contributed by atoms with van der Waals surface area (Å²) in [5, 5.41) is 0.967. The maximum atomic E-state index is 11.5. The van der Waals surface area contributed by atoms with Gasteiger partial charge in [0.15, 0.2) is 0 Å². The summed E-state index contributed by atoms with van der Waals surface area (Å²) < 4.78 is 24.7. The number of H-pyrrole nitrogens is 1. The van der Waals surface area contributed by atoms with E-state index in [9.17, 15) is 8.42 Å². The zero-order valence-electron chi connectivity index (χ0n) is 9.34. The Bertz CT molecular complexity index is 854. The second-order valence-corrected chi connectivity index (χ2v) is 6.82. The van der Waals surface area contributed by atoms with E-state index in [0.717, 1.165) is 0 Å². The average molecular weight is 316 g/mol. The lowest BCUT2D eigenvalue weighted by Gasteiger charge is -2.06. The van der Waals surface area contributed by atoms with Crippen molar-refractivity contribution in [3.63, 3.8) is 0 Å². The number of rotatable bonds is 2. The fourth-order valence-electron chi connectivity index (χ4n) is 1.98. The first-order chi connectivity index (χ1) is 8.98. The van der Waals surface area contributed by atoms with Gasteiger partial charge in [0.25, 0.3) is 9.05 Å². The van der Waals surface area contributed by atoms with Crippen molar-refractivity contribution in [2.24, 2.45) is 0 Å². The Morgan fingerprint density at radius 1 is 1.32 bits per heavy atom. The van der Waals surface area contributed by atoms with Gasteiger partial charge in [-0.2, -0.15) is 0 Å². The second kappa shape index (κ2) is 4.26. The predicted molar refractivity (Wildman–Crippen MR) is 73.5 cm³/mol. The van der Waals surface area contributed by atoms with Crippen molar-refractivity contribution in [2.45, 2.75) is 4.90 Å². The first kappa shape index (κ1) is 12.5. The predicted octanol–water partition coefficient (Wildman–Crippen LogP) is 2.93. The van der Waals surface area contributed by atoms with Gasteiger partial charge in [0.2, 0.25) is 0 Å². The van der Waals surface area contributed by atoms with Crippen LogP contribution in [0.4, 0.5) is 0 Å². The summed E-state index contributed by atoms with van der Waals surface area (Å²) >= 11 is 6.17. The summed E-state index contributed by atoms with van der Waals surface area (Å²) in [7, 11) is 1.58. The van der Waals surface area contributed by atoms with Gasteiger partial charge >= 0.3 is 0 Å². The van der Waals surface area contributed by atoms with Crippen molar-refractivity contribution in [3.05, 3.63) is 42.1 Å². The summed E-state index contributed by atoms with van der Waals surface area (Å²) in [6.45, 7) is 0. The summed E-state index contributed by atoms with van der Waals surface area (Å²) in [4.78, 5) is 6.87. The molecule has 0 radical (unpaired) electrons. The molecule has 0 spiro atoms. The lowest BCUT2D eigenvalue weighted by molar-refractivity contribution is 0.610. The molecule has 3 aromatic rings. The van der Waals surface area contributed by atoms with Crippen molar-refractivity contribution in [1.29, 1.82) is 0 Å². The van der Waals surface area contributed by atoms with E-state index in [1.165, 1.54) is 6.20 Å². The van der Waals surface area contributed by atoms with Gasteiger partial charge in [-0.05, 0) is 12.1 Å². The molecule has 0 amide bonds. The molecule has 2 heterocycles. The molecule has 98 valence electrons. The van der Waals surface area contributed by atoms with Crippen LogP contribution >= 0.6 is 22.3 Å². The van der Waals surface area contributed by atoms with Crippen LogP contribution in [0.3, 0.4) is 0 Å². The largest absolute Gasteiger partial charge is 0.358 e. The lowest BCUT2D eigenvalue weighted by atomic mass is 10.2. The van der Waals surface area contributed by atoms with Gasteiger partial charge in [-0.25, -0.2) is 13.4 Å². The lowest BCUT2D eigenvalue weighted by Crippen LogP contribution is -1.94. The molecule has 0 fully saturated rings. The van der Waals surface area contributed by atoms with Gasteiger partial charge < -0.3 is 9.55 Å². The Labute approximate surface area is 118 Å². The smallest absolute Gasteiger partial charge is 0.263 e. The number of nitrogens with zero attached hydrogens (tertiary/aromatic N) is 2. The van der Waals surface area contributed by atoms with Crippen LogP contribution in [0.2, 0.25) is 5.02 Å². The molecule has 0 aliphatic rings. The number of hydrogen-bond donors (Lipinski definition) is 1. The van der Waals surface area contributed by atoms with E-state index in [4.69, 9.17) is 22.3 Å². The van der Waals surface area contributed by atoms with Crippen LogP contribution in [0.15, 0.2) is 41.9 Å². The van der Waals surface area contributed by atoms with Crippen LogP contribution in [0.1, 0.15) is 0 Å². The number of benzene rings is 1. The van der Waals surface area contributed by atoms with Crippen LogP contribution in [-0.4, -0.2) is 23.0 Å².